The Morgan fingerprint density at radius 2 is 2.10 bits per heavy atom. The van der Waals surface area contributed by atoms with Crippen molar-refractivity contribution in [2.24, 2.45) is 0 Å². The van der Waals surface area contributed by atoms with E-state index in [9.17, 15) is 4.79 Å². The predicted octanol–water partition coefficient (Wildman–Crippen LogP) is 2.90. The van der Waals surface area contributed by atoms with Crippen LogP contribution in [-0.4, -0.2) is 42.2 Å². The molecule has 0 fully saturated rings. The Labute approximate surface area is 121 Å². The topological polar surface area (TPSA) is 49.8 Å². The van der Waals surface area contributed by atoms with Crippen LogP contribution in [0.5, 0.6) is 5.75 Å². The molecular formula is C16H25NO3. The van der Waals surface area contributed by atoms with Gasteiger partial charge in [0.15, 0.2) is 0 Å². The fourth-order valence-corrected chi connectivity index (χ4v) is 2.22. The number of carboxylic acids is 1. The molecule has 0 spiro atoms. The standard InChI is InChI=1S/C16H25NO3/c1-5-17(11-16(18)19)8-9-20-14-6-7-15(12(2)3)13(4)10-14/h6-7,10,12H,5,8-9,11H2,1-4H3,(H,18,19). The molecule has 0 aliphatic rings. The van der Waals surface area contributed by atoms with E-state index in [0.29, 0.717) is 25.6 Å². The summed E-state index contributed by atoms with van der Waals surface area (Å²) in [4.78, 5) is 12.5. The fraction of sp³-hybridized carbons (Fsp3) is 0.562. The van der Waals surface area contributed by atoms with Gasteiger partial charge in [-0.15, -0.1) is 0 Å². The first-order valence-corrected chi connectivity index (χ1v) is 7.11. The lowest BCUT2D eigenvalue weighted by Gasteiger charge is -2.18. The highest BCUT2D eigenvalue weighted by molar-refractivity contribution is 5.69. The predicted molar refractivity (Wildman–Crippen MR) is 80.5 cm³/mol. The van der Waals surface area contributed by atoms with Crippen LogP contribution in [0.1, 0.15) is 37.8 Å². The van der Waals surface area contributed by atoms with Crippen molar-refractivity contribution >= 4 is 5.97 Å². The molecule has 4 heteroatoms. The van der Waals surface area contributed by atoms with Gasteiger partial charge in [0.2, 0.25) is 0 Å². The molecule has 4 nitrogen and oxygen atoms in total. The third kappa shape index (κ3) is 5.21. The summed E-state index contributed by atoms with van der Waals surface area (Å²) in [5.41, 5.74) is 2.56. The fourth-order valence-electron chi connectivity index (χ4n) is 2.22. The highest BCUT2D eigenvalue weighted by atomic mass is 16.5. The lowest BCUT2D eigenvalue weighted by atomic mass is 9.98. The average Bonchev–Trinajstić information content (AvgIpc) is 2.36. The summed E-state index contributed by atoms with van der Waals surface area (Å²) < 4.78 is 5.70. The molecule has 0 radical (unpaired) electrons. The zero-order valence-corrected chi connectivity index (χ0v) is 12.8. The molecule has 0 aliphatic carbocycles. The van der Waals surface area contributed by atoms with E-state index in [2.05, 4.69) is 26.8 Å². The maximum Gasteiger partial charge on any atom is 0.317 e. The zero-order chi connectivity index (χ0) is 15.1. The van der Waals surface area contributed by atoms with Gasteiger partial charge in [-0.1, -0.05) is 26.8 Å². The lowest BCUT2D eigenvalue weighted by Crippen LogP contribution is -2.33. The van der Waals surface area contributed by atoms with Crippen molar-refractivity contribution in [2.45, 2.75) is 33.6 Å². The number of aryl methyl sites for hydroxylation is 1. The van der Waals surface area contributed by atoms with Crippen LogP contribution >= 0.6 is 0 Å². The minimum atomic E-state index is -0.802. The second kappa shape index (κ2) is 7.90. The molecule has 112 valence electrons. The Hall–Kier alpha value is -1.55. The van der Waals surface area contributed by atoms with Gasteiger partial charge in [-0.25, -0.2) is 0 Å². The maximum atomic E-state index is 10.7. The molecule has 0 aromatic heterocycles. The number of ether oxygens (including phenoxy) is 1. The average molecular weight is 279 g/mol. The van der Waals surface area contributed by atoms with Crippen molar-refractivity contribution in [3.63, 3.8) is 0 Å². The van der Waals surface area contributed by atoms with Crippen LogP contribution in [0.2, 0.25) is 0 Å². The first-order valence-electron chi connectivity index (χ1n) is 7.11. The van der Waals surface area contributed by atoms with Crippen LogP contribution in [0, 0.1) is 6.92 Å². The minimum absolute atomic E-state index is 0.0607. The Kier molecular flexibility index (Phi) is 6.52. The van der Waals surface area contributed by atoms with E-state index in [0.717, 1.165) is 5.75 Å². The Morgan fingerprint density at radius 1 is 1.40 bits per heavy atom. The highest BCUT2D eigenvalue weighted by Crippen LogP contribution is 2.23. The lowest BCUT2D eigenvalue weighted by molar-refractivity contribution is -0.138. The zero-order valence-electron chi connectivity index (χ0n) is 12.8. The summed E-state index contributed by atoms with van der Waals surface area (Å²) in [5.74, 6) is 0.553. The molecule has 0 unspecified atom stereocenters. The van der Waals surface area contributed by atoms with E-state index in [4.69, 9.17) is 9.84 Å². The smallest absolute Gasteiger partial charge is 0.317 e. The van der Waals surface area contributed by atoms with Crippen molar-refractivity contribution in [1.82, 2.24) is 4.90 Å². The largest absolute Gasteiger partial charge is 0.492 e. The van der Waals surface area contributed by atoms with E-state index in [1.165, 1.54) is 11.1 Å². The van der Waals surface area contributed by atoms with Gasteiger partial charge in [0.1, 0.15) is 12.4 Å². The van der Waals surface area contributed by atoms with E-state index in [1.807, 2.05) is 24.0 Å². The number of hydrogen-bond donors (Lipinski definition) is 1. The number of nitrogens with zero attached hydrogens (tertiary/aromatic N) is 1. The van der Waals surface area contributed by atoms with Gasteiger partial charge in [0, 0.05) is 6.54 Å². The van der Waals surface area contributed by atoms with Crippen molar-refractivity contribution in [2.75, 3.05) is 26.2 Å². The Bertz CT molecular complexity index is 443. The third-order valence-corrected chi connectivity index (χ3v) is 3.35. The van der Waals surface area contributed by atoms with E-state index in [-0.39, 0.29) is 6.54 Å². The molecule has 0 amide bonds. The van der Waals surface area contributed by atoms with Crippen molar-refractivity contribution < 1.29 is 14.6 Å². The van der Waals surface area contributed by atoms with Crippen LogP contribution < -0.4 is 4.74 Å². The first-order chi connectivity index (χ1) is 9.43. The first kappa shape index (κ1) is 16.5. The minimum Gasteiger partial charge on any atom is -0.492 e. The molecule has 0 heterocycles. The number of carbonyl (C=O) groups is 1. The summed E-state index contributed by atoms with van der Waals surface area (Å²) in [5, 5.41) is 8.77. The molecule has 0 saturated heterocycles. The van der Waals surface area contributed by atoms with Gasteiger partial charge in [0.05, 0.1) is 6.54 Å². The number of likely N-dealkylation sites (N-methyl/N-ethyl adjacent to an activating group) is 1. The summed E-state index contributed by atoms with van der Waals surface area (Å²) >= 11 is 0. The van der Waals surface area contributed by atoms with Crippen molar-refractivity contribution in [3.05, 3.63) is 29.3 Å². The Morgan fingerprint density at radius 3 is 2.60 bits per heavy atom. The van der Waals surface area contributed by atoms with Gasteiger partial charge < -0.3 is 9.84 Å². The molecule has 20 heavy (non-hydrogen) atoms. The maximum absolute atomic E-state index is 10.7. The Balaban J connectivity index is 2.49. The van der Waals surface area contributed by atoms with Gasteiger partial charge in [-0.05, 0) is 42.6 Å². The number of benzene rings is 1. The molecule has 1 N–H and O–H groups in total. The third-order valence-electron chi connectivity index (χ3n) is 3.35. The second-order valence-corrected chi connectivity index (χ2v) is 5.28. The normalized spacial score (nSPS) is 11.1. The molecule has 1 rings (SSSR count). The van der Waals surface area contributed by atoms with E-state index < -0.39 is 5.97 Å². The summed E-state index contributed by atoms with van der Waals surface area (Å²) in [7, 11) is 0. The molecular weight excluding hydrogens is 254 g/mol. The molecule has 0 aliphatic heterocycles. The van der Waals surface area contributed by atoms with Crippen LogP contribution in [0.25, 0.3) is 0 Å². The van der Waals surface area contributed by atoms with E-state index >= 15 is 0 Å². The highest BCUT2D eigenvalue weighted by Gasteiger charge is 2.08. The van der Waals surface area contributed by atoms with Gasteiger partial charge >= 0.3 is 5.97 Å². The van der Waals surface area contributed by atoms with Gasteiger partial charge in [0.25, 0.3) is 0 Å². The quantitative estimate of drug-likeness (QED) is 0.795. The SMILES string of the molecule is CCN(CCOc1ccc(C(C)C)c(C)c1)CC(=O)O. The molecule has 0 saturated carbocycles. The number of hydrogen-bond acceptors (Lipinski definition) is 3. The number of rotatable bonds is 8. The van der Waals surface area contributed by atoms with E-state index in [1.54, 1.807) is 0 Å². The van der Waals surface area contributed by atoms with Crippen molar-refractivity contribution in [1.29, 1.82) is 0 Å². The van der Waals surface area contributed by atoms with Gasteiger partial charge in [-0.2, -0.15) is 0 Å². The van der Waals surface area contributed by atoms with Crippen LogP contribution in [0.15, 0.2) is 18.2 Å². The van der Waals surface area contributed by atoms with Crippen molar-refractivity contribution in [3.8, 4) is 5.75 Å². The summed E-state index contributed by atoms with van der Waals surface area (Å²) in [6, 6.07) is 6.13. The summed E-state index contributed by atoms with van der Waals surface area (Å²) in [6.07, 6.45) is 0. The van der Waals surface area contributed by atoms with Crippen LogP contribution in [-0.2, 0) is 4.79 Å². The molecule has 0 atom stereocenters. The number of aliphatic carboxylic acids is 1. The second-order valence-electron chi connectivity index (χ2n) is 5.28. The van der Waals surface area contributed by atoms with Crippen LogP contribution in [0.3, 0.4) is 0 Å². The van der Waals surface area contributed by atoms with Crippen LogP contribution in [0.4, 0.5) is 0 Å². The monoisotopic (exact) mass is 279 g/mol. The molecule has 1 aromatic rings. The number of carboxylic acid groups (broad SMARTS) is 1. The molecule has 0 bridgehead atoms. The van der Waals surface area contributed by atoms with Gasteiger partial charge in [-0.3, -0.25) is 9.69 Å². The summed E-state index contributed by atoms with van der Waals surface area (Å²) in [6.45, 7) is 10.3. The molecule has 1 aromatic carbocycles.